The molecule has 0 amide bonds. The Morgan fingerprint density at radius 2 is 1.80 bits per heavy atom. The molecule has 1 saturated heterocycles. The molecular weight excluding hydrogens is 559 g/mol. The van der Waals surface area contributed by atoms with Crippen molar-refractivity contribution in [3.05, 3.63) is 59.1 Å². The van der Waals surface area contributed by atoms with Crippen LogP contribution in [0.4, 0.5) is 30.6 Å². The van der Waals surface area contributed by atoms with Crippen molar-refractivity contribution < 1.29 is 17.9 Å². The number of nitrogens with one attached hydrogen (secondary N) is 2. The molecule has 1 aliphatic heterocycles. The number of aromatic nitrogens is 6. The summed E-state index contributed by atoms with van der Waals surface area (Å²) in [5.41, 5.74) is 1.64. The van der Waals surface area contributed by atoms with Crippen LogP contribution in [0.3, 0.4) is 0 Å². The minimum Gasteiger partial charge on any atom is -0.450 e. The molecule has 6 rings (SSSR count). The van der Waals surface area contributed by atoms with E-state index in [1.165, 1.54) is 12.3 Å². The van der Waals surface area contributed by atoms with Crippen molar-refractivity contribution in [3.63, 3.8) is 0 Å². The molecule has 0 bridgehead atoms. The summed E-state index contributed by atoms with van der Waals surface area (Å²) in [6, 6.07) is 4.13. The van der Waals surface area contributed by atoms with Crippen LogP contribution in [0.5, 0.6) is 11.5 Å². The number of pyridine rings is 1. The first kappa shape index (κ1) is 27.1. The molecule has 5 heterocycles. The summed E-state index contributed by atoms with van der Waals surface area (Å²) in [5.74, 6) is 1.67. The maximum atomic E-state index is 13.8. The number of rotatable bonds is 6. The second kappa shape index (κ2) is 10.4. The topological polar surface area (TPSA) is 97.4 Å². The molecule has 0 spiro atoms. The van der Waals surface area contributed by atoms with E-state index >= 15 is 0 Å². The molecule has 0 unspecified atom stereocenters. The first-order valence-electron chi connectivity index (χ1n) is 13.0. The number of aryl methyl sites for hydroxylation is 1. The lowest BCUT2D eigenvalue weighted by Crippen LogP contribution is -2.29. The molecule has 0 radical (unpaired) electrons. The van der Waals surface area contributed by atoms with Crippen LogP contribution in [0.1, 0.15) is 29.9 Å². The lowest BCUT2D eigenvalue weighted by molar-refractivity contribution is -0.137. The first-order valence-corrected chi connectivity index (χ1v) is 13.4. The fourth-order valence-corrected chi connectivity index (χ4v) is 5.38. The number of alkyl halides is 3. The van der Waals surface area contributed by atoms with E-state index in [1.54, 1.807) is 47.8 Å². The number of halogens is 4. The van der Waals surface area contributed by atoms with Crippen LogP contribution in [0.25, 0.3) is 16.7 Å². The highest BCUT2D eigenvalue weighted by molar-refractivity contribution is 6.36. The van der Waals surface area contributed by atoms with Crippen LogP contribution in [-0.4, -0.2) is 61.2 Å². The highest BCUT2D eigenvalue weighted by Crippen LogP contribution is 2.39. The zero-order valence-corrected chi connectivity index (χ0v) is 23.3. The number of anilines is 3. The van der Waals surface area contributed by atoms with Gasteiger partial charge in [0.15, 0.2) is 17.1 Å². The molecule has 1 fully saturated rings. The van der Waals surface area contributed by atoms with Crippen LogP contribution in [0.2, 0.25) is 5.02 Å². The van der Waals surface area contributed by atoms with Crippen molar-refractivity contribution in [2.45, 2.75) is 24.9 Å². The minimum absolute atomic E-state index is 0.0465. The van der Waals surface area contributed by atoms with Crippen molar-refractivity contribution in [2.75, 3.05) is 37.8 Å². The molecular formula is C27H27ClF3N9O. The zero-order valence-electron chi connectivity index (χ0n) is 22.5. The van der Waals surface area contributed by atoms with Gasteiger partial charge >= 0.3 is 6.18 Å². The summed E-state index contributed by atoms with van der Waals surface area (Å²) in [4.78, 5) is 15.4. The van der Waals surface area contributed by atoms with E-state index in [9.17, 15) is 13.2 Å². The van der Waals surface area contributed by atoms with E-state index in [-0.39, 0.29) is 16.7 Å². The van der Waals surface area contributed by atoms with Gasteiger partial charge in [0.25, 0.3) is 0 Å². The van der Waals surface area contributed by atoms with Crippen LogP contribution >= 0.6 is 11.6 Å². The number of benzene rings is 1. The van der Waals surface area contributed by atoms with Crippen molar-refractivity contribution >= 4 is 45.7 Å². The lowest BCUT2D eigenvalue weighted by atomic mass is 9.88. The lowest BCUT2D eigenvalue weighted by Gasteiger charge is -2.29. The Balaban J connectivity index is 1.32. The largest absolute Gasteiger partial charge is 0.450 e. The van der Waals surface area contributed by atoms with Crippen LogP contribution in [0.15, 0.2) is 43.0 Å². The fraction of sp³-hybridized carbons (Fsp3) is 0.333. The van der Waals surface area contributed by atoms with Gasteiger partial charge in [-0.15, -0.1) is 0 Å². The van der Waals surface area contributed by atoms with E-state index in [0.717, 1.165) is 32.0 Å². The summed E-state index contributed by atoms with van der Waals surface area (Å²) < 4.78 is 50.8. The zero-order chi connectivity index (χ0) is 28.9. The summed E-state index contributed by atoms with van der Waals surface area (Å²) in [7, 11) is 5.48. The number of imidazole rings is 1. The van der Waals surface area contributed by atoms with Gasteiger partial charge in [0.05, 0.1) is 30.4 Å². The molecule has 5 aromatic rings. The molecule has 4 aromatic heterocycles. The number of fused-ring (bicyclic) bond motifs is 2. The molecule has 2 N–H and O–H groups in total. The Bertz CT molecular complexity index is 1740. The van der Waals surface area contributed by atoms with Gasteiger partial charge in [-0.3, -0.25) is 0 Å². The van der Waals surface area contributed by atoms with Crippen molar-refractivity contribution in [2.24, 2.45) is 7.05 Å². The molecule has 214 valence electrons. The molecule has 0 saturated carbocycles. The molecule has 0 aliphatic carbocycles. The van der Waals surface area contributed by atoms with Gasteiger partial charge < -0.3 is 24.8 Å². The summed E-state index contributed by atoms with van der Waals surface area (Å²) in [6.07, 6.45) is 3.44. The number of ether oxygens (including phenoxy) is 1. The number of nitrogens with zero attached hydrogens (tertiary/aromatic N) is 7. The summed E-state index contributed by atoms with van der Waals surface area (Å²) in [6.45, 7) is 1.68. The van der Waals surface area contributed by atoms with Gasteiger partial charge in [0, 0.05) is 19.8 Å². The minimum atomic E-state index is -4.48. The summed E-state index contributed by atoms with van der Waals surface area (Å²) in [5, 5.41) is 10.5. The van der Waals surface area contributed by atoms with Crippen molar-refractivity contribution in [1.82, 2.24) is 34.0 Å². The summed E-state index contributed by atoms with van der Waals surface area (Å²) >= 11 is 6.74. The molecule has 0 atom stereocenters. The van der Waals surface area contributed by atoms with E-state index in [4.69, 9.17) is 16.3 Å². The van der Waals surface area contributed by atoms with Crippen molar-refractivity contribution in [1.29, 1.82) is 0 Å². The maximum absolute atomic E-state index is 13.8. The number of likely N-dealkylation sites (tertiary alicyclic amines) is 1. The molecule has 14 heteroatoms. The third-order valence-corrected chi connectivity index (χ3v) is 7.74. The van der Waals surface area contributed by atoms with E-state index in [1.807, 2.05) is 7.05 Å². The standard InChI is InChI=1S/C27H27ClF3N9O/c1-32-22-14-40-19(11-33-22)20(13-35-40)41-21-12-34-25-24(23(21)28)39(3)26(37-25)36-18-9-16(8-17(10-18)27(29,30)31)15-4-6-38(2)7-5-15/h8-15,32H,4-7H2,1-3H3,(H,34,36,37). The Hall–Kier alpha value is -4.10. The molecule has 41 heavy (non-hydrogen) atoms. The Morgan fingerprint density at radius 3 is 2.54 bits per heavy atom. The average molecular weight is 586 g/mol. The van der Waals surface area contributed by atoms with Gasteiger partial charge in [0.1, 0.15) is 21.9 Å². The number of hydrogen-bond acceptors (Lipinski definition) is 8. The van der Waals surface area contributed by atoms with Gasteiger partial charge in [0.2, 0.25) is 5.95 Å². The number of piperidine rings is 1. The third-order valence-electron chi connectivity index (χ3n) is 7.38. The normalized spacial score (nSPS) is 15.1. The fourth-order valence-electron chi connectivity index (χ4n) is 5.08. The van der Waals surface area contributed by atoms with Gasteiger partial charge in [-0.25, -0.2) is 14.5 Å². The SMILES string of the molecule is CNc1cn2ncc(Oc3cnc4nc(Nc5cc(C6CCN(C)CC6)cc(C(F)(F)F)c5)n(C)c4c3Cl)c2cn1. The predicted molar refractivity (Wildman–Crippen MR) is 150 cm³/mol. The van der Waals surface area contributed by atoms with Crippen LogP contribution in [0, 0.1) is 0 Å². The smallest absolute Gasteiger partial charge is 0.416 e. The highest BCUT2D eigenvalue weighted by atomic mass is 35.5. The van der Waals surface area contributed by atoms with E-state index < -0.39 is 11.7 Å². The van der Waals surface area contributed by atoms with E-state index in [0.29, 0.717) is 45.4 Å². The highest BCUT2D eigenvalue weighted by Gasteiger charge is 2.32. The van der Waals surface area contributed by atoms with Gasteiger partial charge in [-0.1, -0.05) is 11.6 Å². The monoisotopic (exact) mass is 585 g/mol. The Kier molecular flexibility index (Phi) is 6.86. The first-order chi connectivity index (χ1) is 19.6. The van der Waals surface area contributed by atoms with Crippen molar-refractivity contribution in [3.8, 4) is 11.5 Å². The van der Waals surface area contributed by atoms with Gasteiger partial charge in [-0.2, -0.15) is 23.3 Å². The molecule has 1 aliphatic rings. The molecule has 10 nitrogen and oxygen atoms in total. The third kappa shape index (κ3) is 5.22. The number of hydrogen-bond donors (Lipinski definition) is 2. The Morgan fingerprint density at radius 1 is 1.02 bits per heavy atom. The van der Waals surface area contributed by atoms with Gasteiger partial charge in [-0.05, 0) is 62.7 Å². The maximum Gasteiger partial charge on any atom is 0.416 e. The predicted octanol–water partition coefficient (Wildman–Crippen LogP) is 6.07. The quantitative estimate of drug-likeness (QED) is 0.248. The average Bonchev–Trinajstić information content (AvgIpc) is 3.50. The molecule has 1 aromatic carbocycles. The Labute approximate surface area is 238 Å². The van der Waals surface area contributed by atoms with Crippen LogP contribution in [-0.2, 0) is 13.2 Å². The van der Waals surface area contributed by atoms with E-state index in [2.05, 4.69) is 35.6 Å². The second-order valence-electron chi connectivity index (χ2n) is 10.1. The second-order valence-corrected chi connectivity index (χ2v) is 10.5. The van der Waals surface area contributed by atoms with Crippen LogP contribution < -0.4 is 15.4 Å².